The lowest BCUT2D eigenvalue weighted by Crippen LogP contribution is -2.25. The Hall–Kier alpha value is -1.81. The Morgan fingerprint density at radius 2 is 2.27 bits per heavy atom. The summed E-state index contributed by atoms with van der Waals surface area (Å²) in [5.74, 6) is -1.34. The Balaban J connectivity index is 1.79. The highest BCUT2D eigenvalue weighted by molar-refractivity contribution is 7.86. The van der Waals surface area contributed by atoms with Gasteiger partial charge in [-0.2, -0.15) is 8.42 Å². The van der Waals surface area contributed by atoms with E-state index in [0.717, 1.165) is 10.4 Å². The van der Waals surface area contributed by atoms with Crippen LogP contribution in [0.15, 0.2) is 15.9 Å². The number of nitrogens with zero attached hydrogens (tertiary/aromatic N) is 3. The van der Waals surface area contributed by atoms with Crippen LogP contribution in [0.1, 0.15) is 12.0 Å². The third-order valence-corrected chi connectivity index (χ3v) is 5.22. The van der Waals surface area contributed by atoms with Gasteiger partial charge in [0.25, 0.3) is 5.89 Å². The first-order valence-corrected chi connectivity index (χ1v) is 8.87. The molecule has 0 spiro atoms. The minimum atomic E-state index is -4.62. The van der Waals surface area contributed by atoms with Crippen LogP contribution >= 0.6 is 11.3 Å². The van der Waals surface area contributed by atoms with E-state index in [1.807, 2.05) is 18.4 Å². The molecule has 3 rings (SSSR count). The van der Waals surface area contributed by atoms with Crippen LogP contribution in [-0.2, 0) is 15.0 Å². The highest BCUT2D eigenvalue weighted by atomic mass is 32.3. The van der Waals surface area contributed by atoms with Crippen LogP contribution in [0.3, 0.4) is 0 Å². The largest absolute Gasteiger partial charge is 0.402 e. The summed E-state index contributed by atoms with van der Waals surface area (Å²) in [6.45, 7) is 1.95. The molecule has 0 aliphatic carbocycles. The van der Waals surface area contributed by atoms with E-state index >= 15 is 0 Å². The Kier molecular flexibility index (Phi) is 3.73. The second kappa shape index (κ2) is 5.43. The number of rotatable bonds is 4. The summed E-state index contributed by atoms with van der Waals surface area (Å²) in [7, 11) is -4.62. The van der Waals surface area contributed by atoms with Gasteiger partial charge in [0.2, 0.25) is 5.91 Å². The summed E-state index contributed by atoms with van der Waals surface area (Å²) in [5.41, 5.74) is 0.981. The van der Waals surface area contributed by atoms with Crippen molar-refractivity contribution in [2.45, 2.75) is 13.3 Å². The summed E-state index contributed by atoms with van der Waals surface area (Å²) in [6.07, 6.45) is -0.0567. The van der Waals surface area contributed by atoms with Gasteiger partial charge in [0.1, 0.15) is 0 Å². The number of carbonyl (C=O) groups is 1. The van der Waals surface area contributed by atoms with Crippen LogP contribution in [0.2, 0.25) is 0 Å². The molecule has 10 heteroatoms. The monoisotopic (exact) mass is 345 g/mol. The van der Waals surface area contributed by atoms with Crippen molar-refractivity contribution in [1.82, 2.24) is 10.2 Å². The van der Waals surface area contributed by atoms with Crippen LogP contribution in [0.5, 0.6) is 0 Å². The Bertz CT molecular complexity index is 814. The van der Waals surface area contributed by atoms with Gasteiger partial charge in [0, 0.05) is 18.9 Å². The predicted molar refractivity (Wildman–Crippen MR) is 77.7 cm³/mol. The normalized spacial score (nSPS) is 19.1. The molecular formula is C12H12FN3O4S2. The van der Waals surface area contributed by atoms with Crippen molar-refractivity contribution in [3.05, 3.63) is 17.0 Å². The maximum absolute atomic E-state index is 12.7. The van der Waals surface area contributed by atoms with Gasteiger partial charge < -0.3 is 4.42 Å². The lowest BCUT2D eigenvalue weighted by Gasteiger charge is -2.09. The molecule has 22 heavy (non-hydrogen) atoms. The summed E-state index contributed by atoms with van der Waals surface area (Å²) in [4.78, 5) is 13.9. The molecule has 0 saturated carbocycles. The van der Waals surface area contributed by atoms with E-state index in [-0.39, 0.29) is 24.9 Å². The van der Waals surface area contributed by atoms with Gasteiger partial charge in [-0.25, -0.2) is 0 Å². The molecule has 2 aromatic heterocycles. The quantitative estimate of drug-likeness (QED) is 0.784. The summed E-state index contributed by atoms with van der Waals surface area (Å²) >= 11 is 1.44. The second-order valence-electron chi connectivity index (χ2n) is 5.10. The minimum absolute atomic E-state index is 0.00607. The number of hydrogen-bond donors (Lipinski definition) is 0. The number of aryl methyl sites for hydroxylation is 1. The second-order valence-corrected chi connectivity index (χ2v) is 7.43. The Morgan fingerprint density at radius 3 is 2.91 bits per heavy atom. The van der Waals surface area contributed by atoms with Gasteiger partial charge in [-0.05, 0) is 23.9 Å². The van der Waals surface area contributed by atoms with Crippen molar-refractivity contribution in [2.75, 3.05) is 17.2 Å². The SMILES string of the molecule is Cc1ccsc1-c1nnc(N2CC(CS(=O)(=O)F)CC2=O)o1. The average molecular weight is 345 g/mol. The summed E-state index contributed by atoms with van der Waals surface area (Å²) in [6, 6.07) is 1.92. The van der Waals surface area contributed by atoms with E-state index < -0.39 is 21.9 Å². The van der Waals surface area contributed by atoms with Gasteiger partial charge in [-0.3, -0.25) is 9.69 Å². The first-order chi connectivity index (χ1) is 10.3. The maximum atomic E-state index is 12.7. The molecule has 1 saturated heterocycles. The van der Waals surface area contributed by atoms with E-state index in [4.69, 9.17) is 4.42 Å². The predicted octanol–water partition coefficient (Wildman–Crippen LogP) is 1.76. The van der Waals surface area contributed by atoms with E-state index in [0.29, 0.717) is 5.89 Å². The molecule has 1 atom stereocenters. The standard InChI is InChI=1S/C12H12FN3O4S2/c1-7-2-3-21-10(7)11-14-15-12(20-11)16-5-8(4-9(16)17)6-22(13,18)19/h2-3,8H,4-6H2,1H3. The molecule has 0 radical (unpaired) electrons. The summed E-state index contributed by atoms with van der Waals surface area (Å²) < 4.78 is 39.6. The zero-order valence-corrected chi connectivity index (χ0v) is 13.2. The van der Waals surface area contributed by atoms with Crippen molar-refractivity contribution < 1.29 is 21.5 Å². The van der Waals surface area contributed by atoms with E-state index in [2.05, 4.69) is 10.2 Å². The molecule has 1 amide bonds. The highest BCUT2D eigenvalue weighted by Crippen LogP contribution is 2.31. The molecular weight excluding hydrogens is 333 g/mol. The van der Waals surface area contributed by atoms with E-state index in [9.17, 15) is 17.1 Å². The fourth-order valence-electron chi connectivity index (χ4n) is 2.37. The van der Waals surface area contributed by atoms with Gasteiger partial charge in [-0.1, -0.05) is 5.10 Å². The van der Waals surface area contributed by atoms with E-state index in [1.165, 1.54) is 16.2 Å². The number of anilines is 1. The van der Waals surface area contributed by atoms with Crippen LogP contribution in [0.4, 0.5) is 9.90 Å². The van der Waals surface area contributed by atoms with Crippen LogP contribution in [0.25, 0.3) is 10.8 Å². The molecule has 2 aromatic rings. The van der Waals surface area contributed by atoms with Crippen molar-refractivity contribution >= 4 is 33.5 Å². The molecule has 1 aliphatic rings. The Morgan fingerprint density at radius 1 is 1.50 bits per heavy atom. The first-order valence-electron chi connectivity index (χ1n) is 6.44. The zero-order chi connectivity index (χ0) is 15.9. The third kappa shape index (κ3) is 3.02. The lowest BCUT2D eigenvalue weighted by molar-refractivity contribution is -0.117. The Labute approximate surface area is 130 Å². The fraction of sp³-hybridized carbons (Fsp3) is 0.417. The van der Waals surface area contributed by atoms with E-state index in [1.54, 1.807) is 0 Å². The minimum Gasteiger partial charge on any atom is -0.402 e. The van der Waals surface area contributed by atoms with Gasteiger partial charge >= 0.3 is 16.2 Å². The molecule has 3 heterocycles. The zero-order valence-electron chi connectivity index (χ0n) is 11.5. The van der Waals surface area contributed by atoms with Gasteiger partial charge in [0.15, 0.2) is 0 Å². The fourth-order valence-corrected chi connectivity index (χ4v) is 4.00. The highest BCUT2D eigenvalue weighted by Gasteiger charge is 2.36. The lowest BCUT2D eigenvalue weighted by atomic mass is 10.1. The molecule has 1 fully saturated rings. The number of hydrogen-bond acceptors (Lipinski definition) is 7. The molecule has 7 nitrogen and oxygen atoms in total. The summed E-state index contributed by atoms with van der Waals surface area (Å²) in [5, 5.41) is 9.62. The molecule has 118 valence electrons. The van der Waals surface area contributed by atoms with Crippen LogP contribution < -0.4 is 4.90 Å². The molecule has 1 unspecified atom stereocenters. The van der Waals surface area contributed by atoms with Crippen molar-refractivity contribution in [1.29, 1.82) is 0 Å². The van der Waals surface area contributed by atoms with Crippen LogP contribution in [0, 0.1) is 12.8 Å². The molecule has 1 aliphatic heterocycles. The van der Waals surface area contributed by atoms with Gasteiger partial charge in [0.05, 0.1) is 10.6 Å². The topological polar surface area (TPSA) is 93.4 Å². The van der Waals surface area contributed by atoms with Crippen LogP contribution in [-0.4, -0.2) is 36.8 Å². The molecule has 0 aromatic carbocycles. The molecule has 0 bridgehead atoms. The maximum Gasteiger partial charge on any atom is 0.325 e. The van der Waals surface area contributed by atoms with Crippen molar-refractivity contribution in [2.24, 2.45) is 5.92 Å². The average Bonchev–Trinajstić information content (AvgIpc) is 3.07. The number of aromatic nitrogens is 2. The van der Waals surface area contributed by atoms with Crippen molar-refractivity contribution in [3.63, 3.8) is 0 Å². The number of carbonyl (C=O) groups excluding carboxylic acids is 1. The molecule has 0 N–H and O–H groups in total. The third-order valence-electron chi connectivity index (χ3n) is 3.34. The number of thiophene rings is 1. The number of halogens is 1. The number of amides is 1. The van der Waals surface area contributed by atoms with Crippen molar-refractivity contribution in [3.8, 4) is 10.8 Å². The smallest absolute Gasteiger partial charge is 0.325 e. The first kappa shape index (κ1) is 15.1. The van der Waals surface area contributed by atoms with Gasteiger partial charge in [-0.15, -0.1) is 20.3 Å².